The molecule has 0 saturated carbocycles. The van der Waals surface area contributed by atoms with Gasteiger partial charge in [0, 0.05) is 24.9 Å². The van der Waals surface area contributed by atoms with Gasteiger partial charge in [-0.15, -0.1) is 0 Å². The number of aliphatic imine (C=N–C) groups is 1. The van der Waals surface area contributed by atoms with Gasteiger partial charge in [-0.1, -0.05) is 42.1 Å². The molecule has 0 spiro atoms. The molecule has 3 aliphatic rings. The topological polar surface area (TPSA) is 89.9 Å². The maximum Gasteiger partial charge on any atom is 0.338 e. The number of carbonyl (C=O) groups is 2. The summed E-state index contributed by atoms with van der Waals surface area (Å²) in [7, 11) is 3.17. The number of fused-ring (bicyclic) bond motifs is 1. The Morgan fingerprint density at radius 2 is 1.74 bits per heavy atom. The Bertz CT molecular complexity index is 1310. The SMILES string of the molecule is COc1cc(OC)cc(C2C(C(=O)OCc3ccccc3)=C(C)N=C3SC=C(CC(=O)N4CCOCC4)N32)c1. The Kier molecular flexibility index (Phi) is 8.23. The lowest BCUT2D eigenvalue weighted by Crippen LogP contribution is -2.42. The third-order valence-corrected chi connectivity index (χ3v) is 7.71. The van der Waals surface area contributed by atoms with Crippen molar-refractivity contribution in [1.82, 2.24) is 9.80 Å². The minimum Gasteiger partial charge on any atom is -0.497 e. The molecule has 1 saturated heterocycles. The van der Waals surface area contributed by atoms with Crippen LogP contribution in [0.5, 0.6) is 11.5 Å². The minimum atomic E-state index is -0.594. The first kappa shape index (κ1) is 26.8. The van der Waals surface area contributed by atoms with E-state index in [9.17, 15) is 9.59 Å². The molecular formula is C29H31N3O6S. The molecule has 0 bridgehead atoms. The highest BCUT2D eigenvalue weighted by Gasteiger charge is 2.42. The van der Waals surface area contributed by atoms with Crippen molar-refractivity contribution in [2.75, 3.05) is 40.5 Å². The molecule has 0 radical (unpaired) electrons. The monoisotopic (exact) mass is 549 g/mol. The molecule has 2 aromatic rings. The van der Waals surface area contributed by atoms with Crippen LogP contribution in [0.15, 0.2) is 75.9 Å². The summed E-state index contributed by atoms with van der Waals surface area (Å²) >= 11 is 1.44. The summed E-state index contributed by atoms with van der Waals surface area (Å²) in [4.78, 5) is 35.4. The molecule has 1 atom stereocenters. The predicted octanol–water partition coefficient (Wildman–Crippen LogP) is 4.27. The Morgan fingerprint density at radius 3 is 2.41 bits per heavy atom. The van der Waals surface area contributed by atoms with Crippen LogP contribution in [0.1, 0.15) is 30.5 Å². The average molecular weight is 550 g/mol. The lowest BCUT2D eigenvalue weighted by Gasteiger charge is -2.37. The van der Waals surface area contributed by atoms with Crippen molar-refractivity contribution in [3.05, 3.63) is 82.0 Å². The van der Waals surface area contributed by atoms with Crippen LogP contribution in [0.3, 0.4) is 0 Å². The van der Waals surface area contributed by atoms with E-state index in [1.54, 1.807) is 20.3 Å². The number of benzene rings is 2. The molecule has 204 valence electrons. The van der Waals surface area contributed by atoms with Crippen LogP contribution in [0.4, 0.5) is 0 Å². The number of allylic oxidation sites excluding steroid dienone is 1. The van der Waals surface area contributed by atoms with Gasteiger partial charge in [-0.05, 0) is 35.6 Å². The smallest absolute Gasteiger partial charge is 0.338 e. The highest BCUT2D eigenvalue weighted by Crippen LogP contribution is 2.46. The second-order valence-corrected chi connectivity index (χ2v) is 10.1. The van der Waals surface area contributed by atoms with Gasteiger partial charge >= 0.3 is 5.97 Å². The number of nitrogens with zero attached hydrogens (tertiary/aromatic N) is 3. The standard InChI is InChI=1S/C29H31N3O6S/c1-19-26(28(34)38-17-20-7-5-4-6-8-20)27(21-13-23(35-2)16-24(14-21)36-3)32-22(18-39-29(32)30-19)15-25(33)31-9-11-37-12-10-31/h4-8,13-14,16,18,27H,9-12,15,17H2,1-3H3. The van der Waals surface area contributed by atoms with E-state index in [2.05, 4.69) is 0 Å². The van der Waals surface area contributed by atoms with Crippen LogP contribution >= 0.6 is 11.8 Å². The molecular weight excluding hydrogens is 518 g/mol. The molecule has 2 aromatic carbocycles. The quantitative estimate of drug-likeness (QED) is 0.451. The Morgan fingerprint density at radius 1 is 1.05 bits per heavy atom. The number of hydrogen-bond donors (Lipinski definition) is 0. The second-order valence-electron chi connectivity index (χ2n) is 9.27. The Labute approximate surface area is 232 Å². The van der Waals surface area contributed by atoms with E-state index in [-0.39, 0.29) is 18.9 Å². The van der Waals surface area contributed by atoms with Crippen molar-refractivity contribution in [3.63, 3.8) is 0 Å². The second kappa shape index (κ2) is 12.0. The summed E-state index contributed by atoms with van der Waals surface area (Å²) in [5.41, 5.74) is 3.38. The predicted molar refractivity (Wildman–Crippen MR) is 148 cm³/mol. The van der Waals surface area contributed by atoms with E-state index in [1.807, 2.05) is 64.6 Å². The Hall–Kier alpha value is -3.76. The summed E-state index contributed by atoms with van der Waals surface area (Å²) in [5.74, 6) is 0.712. The van der Waals surface area contributed by atoms with E-state index in [4.69, 9.17) is 23.9 Å². The molecule has 0 aliphatic carbocycles. The van der Waals surface area contributed by atoms with Crippen molar-refractivity contribution >= 4 is 28.8 Å². The van der Waals surface area contributed by atoms with Gasteiger partial charge in [0.05, 0.1) is 51.2 Å². The van der Waals surface area contributed by atoms with Crippen LogP contribution in [0, 0.1) is 0 Å². The summed E-state index contributed by atoms with van der Waals surface area (Å²) in [6, 6.07) is 14.5. The van der Waals surface area contributed by atoms with Gasteiger partial charge in [-0.3, -0.25) is 4.79 Å². The molecule has 5 rings (SSSR count). The molecule has 0 N–H and O–H groups in total. The van der Waals surface area contributed by atoms with Crippen molar-refractivity contribution in [3.8, 4) is 11.5 Å². The largest absolute Gasteiger partial charge is 0.497 e. The fraction of sp³-hybridized carbons (Fsp3) is 0.345. The molecule has 1 unspecified atom stereocenters. The lowest BCUT2D eigenvalue weighted by molar-refractivity contribution is -0.141. The maximum atomic E-state index is 13.7. The summed E-state index contributed by atoms with van der Waals surface area (Å²) < 4.78 is 22.3. The first-order valence-corrected chi connectivity index (χ1v) is 13.6. The number of amidine groups is 1. The van der Waals surface area contributed by atoms with Gasteiger partial charge in [-0.25, -0.2) is 9.79 Å². The minimum absolute atomic E-state index is 0.00727. The number of thioether (sulfide) groups is 1. The van der Waals surface area contributed by atoms with E-state index < -0.39 is 12.0 Å². The third-order valence-electron chi connectivity index (χ3n) is 6.82. The number of morpholine rings is 1. The van der Waals surface area contributed by atoms with E-state index in [0.717, 1.165) is 16.8 Å². The van der Waals surface area contributed by atoms with Crippen molar-refractivity contribution in [1.29, 1.82) is 0 Å². The first-order valence-electron chi connectivity index (χ1n) is 12.7. The molecule has 39 heavy (non-hydrogen) atoms. The van der Waals surface area contributed by atoms with Crippen LogP contribution in [0.2, 0.25) is 0 Å². The highest BCUT2D eigenvalue weighted by molar-refractivity contribution is 8.16. The molecule has 1 fully saturated rings. The number of hydrogen-bond acceptors (Lipinski definition) is 9. The summed E-state index contributed by atoms with van der Waals surface area (Å²) in [6.45, 7) is 4.13. The fourth-order valence-corrected chi connectivity index (χ4v) is 5.78. The van der Waals surface area contributed by atoms with Crippen LogP contribution in [0.25, 0.3) is 0 Å². The maximum absolute atomic E-state index is 13.7. The number of amides is 1. The third kappa shape index (κ3) is 5.81. The van der Waals surface area contributed by atoms with Crippen molar-refractivity contribution in [2.45, 2.75) is 26.0 Å². The number of ether oxygens (including phenoxy) is 4. The van der Waals surface area contributed by atoms with Gasteiger partial charge in [0.1, 0.15) is 18.1 Å². The van der Waals surface area contributed by atoms with Crippen LogP contribution < -0.4 is 9.47 Å². The van der Waals surface area contributed by atoms with Gasteiger partial charge in [0.15, 0.2) is 5.17 Å². The zero-order valence-electron chi connectivity index (χ0n) is 22.2. The molecule has 3 heterocycles. The lowest BCUT2D eigenvalue weighted by atomic mass is 9.93. The fourth-order valence-electron chi connectivity index (χ4n) is 4.81. The average Bonchev–Trinajstić information content (AvgIpc) is 3.37. The van der Waals surface area contributed by atoms with Crippen LogP contribution in [-0.2, 0) is 25.7 Å². The zero-order valence-corrected chi connectivity index (χ0v) is 23.0. The van der Waals surface area contributed by atoms with Crippen molar-refractivity contribution in [2.24, 2.45) is 4.99 Å². The van der Waals surface area contributed by atoms with E-state index in [1.165, 1.54) is 11.8 Å². The van der Waals surface area contributed by atoms with E-state index >= 15 is 0 Å². The highest BCUT2D eigenvalue weighted by atomic mass is 32.2. The van der Waals surface area contributed by atoms with Gasteiger partial charge in [0.25, 0.3) is 0 Å². The summed E-state index contributed by atoms with van der Waals surface area (Å²) in [5, 5.41) is 2.64. The van der Waals surface area contributed by atoms with Crippen LogP contribution in [-0.4, -0.2) is 67.4 Å². The molecule has 0 aromatic heterocycles. The Balaban J connectivity index is 1.51. The van der Waals surface area contributed by atoms with Gasteiger partial charge in [0.2, 0.25) is 5.91 Å². The molecule has 9 nitrogen and oxygen atoms in total. The number of methoxy groups -OCH3 is 2. The molecule has 1 amide bonds. The number of esters is 1. The number of carbonyl (C=O) groups excluding carboxylic acids is 2. The number of rotatable bonds is 8. The zero-order chi connectivity index (χ0) is 27.4. The molecule has 3 aliphatic heterocycles. The summed E-state index contributed by atoms with van der Waals surface area (Å²) in [6.07, 6.45) is 0.176. The first-order chi connectivity index (χ1) is 19.0. The normalized spacial score (nSPS) is 18.8. The van der Waals surface area contributed by atoms with Crippen molar-refractivity contribution < 1.29 is 28.5 Å². The molecule has 10 heteroatoms. The van der Waals surface area contributed by atoms with E-state index in [0.29, 0.717) is 54.2 Å². The van der Waals surface area contributed by atoms with Gasteiger partial charge < -0.3 is 28.7 Å². The van der Waals surface area contributed by atoms with Gasteiger partial charge in [-0.2, -0.15) is 0 Å².